The molecule has 0 radical (unpaired) electrons. The van der Waals surface area contributed by atoms with E-state index in [0.29, 0.717) is 28.5 Å². The molecule has 12 aromatic rings. The summed E-state index contributed by atoms with van der Waals surface area (Å²) in [5.41, 5.74) is 21.9. The fourth-order valence-corrected chi connectivity index (χ4v) is 16.0. The number of hydrogen-bond acceptors (Lipinski definition) is 15. The quantitative estimate of drug-likeness (QED) is 0.131. The lowest BCUT2D eigenvalue weighted by Crippen LogP contribution is -2.55. The summed E-state index contributed by atoms with van der Waals surface area (Å²) in [5, 5.41) is 51.3. The Morgan fingerprint density at radius 3 is 1.79 bits per heavy atom. The van der Waals surface area contributed by atoms with Gasteiger partial charge in [0, 0.05) is 142 Å². The maximum Gasteiger partial charge on any atom is 0.203 e. The third kappa shape index (κ3) is 12.2. The zero-order valence-corrected chi connectivity index (χ0v) is 57.0. The second kappa shape index (κ2) is 26.4. The summed E-state index contributed by atoms with van der Waals surface area (Å²) in [6.07, 6.45) is 14.7. The Morgan fingerprint density at radius 2 is 1.17 bits per heavy atom. The summed E-state index contributed by atoms with van der Waals surface area (Å²) in [5.74, 6) is 2.87. The molecule has 0 saturated carbocycles. The van der Waals surface area contributed by atoms with Crippen molar-refractivity contribution in [3.8, 4) is 97.1 Å². The lowest BCUT2D eigenvalue weighted by molar-refractivity contribution is 0.0424. The monoisotopic (exact) mass is 1340 g/mol. The van der Waals surface area contributed by atoms with Crippen LogP contribution in [0.15, 0.2) is 177 Å². The van der Waals surface area contributed by atoms with E-state index in [0.717, 1.165) is 170 Å². The van der Waals surface area contributed by atoms with Crippen LogP contribution in [0.2, 0.25) is 0 Å². The molecule has 1 unspecified atom stereocenters. The zero-order valence-electron chi connectivity index (χ0n) is 57.0. The van der Waals surface area contributed by atoms with E-state index in [9.17, 15) is 4.39 Å². The molecular weight excluding hydrogens is 1260 g/mol. The largest absolute Gasteiger partial charge is 0.371 e. The zero-order chi connectivity index (χ0) is 68.3. The van der Waals surface area contributed by atoms with Gasteiger partial charge in [-0.05, 0) is 212 Å². The maximum absolute atomic E-state index is 13.4. The molecule has 6 aromatic carbocycles. The van der Waals surface area contributed by atoms with Gasteiger partial charge in [-0.1, -0.05) is 43.3 Å². The van der Waals surface area contributed by atoms with Gasteiger partial charge >= 0.3 is 0 Å². The third-order valence-corrected chi connectivity index (χ3v) is 21.5. The third-order valence-electron chi connectivity index (χ3n) is 21.5. The lowest BCUT2D eigenvalue weighted by Gasteiger charge is -2.46. The molecule has 22 heteroatoms. The maximum atomic E-state index is 13.4. The normalized spacial score (nSPS) is 17.0. The van der Waals surface area contributed by atoms with Gasteiger partial charge in [-0.15, -0.1) is 15.3 Å². The average molecular weight is 1340 g/mol. The molecule has 7 aliphatic rings. The van der Waals surface area contributed by atoms with E-state index in [1.165, 1.54) is 78.2 Å². The highest BCUT2D eigenvalue weighted by molar-refractivity contribution is 5.76. The molecule has 1 spiro atoms. The first kappa shape index (κ1) is 63.2. The van der Waals surface area contributed by atoms with Gasteiger partial charge < -0.3 is 43.9 Å². The van der Waals surface area contributed by atoms with Gasteiger partial charge in [0.05, 0.1) is 57.4 Å². The van der Waals surface area contributed by atoms with E-state index >= 15 is 0 Å². The van der Waals surface area contributed by atoms with Crippen LogP contribution >= 0.6 is 0 Å². The van der Waals surface area contributed by atoms with Gasteiger partial charge in [-0.2, -0.15) is 20.3 Å². The molecule has 0 amide bonds. The molecule has 19 rings (SSSR count). The minimum atomic E-state index is -0.224. The standard InChI is InChI=1S/C29H31N7.C26H25FN6.C24H22N8/c1-3-20(2)31-15-22-10-11-34(16-22)26-8-9-27-25(12-26)18-35-17-24(23-6-4-21(14-30)5-7-23)13-28(35)29-33-32-19-36(27)29;1-30-14-26(15-30)8-9-31(16-26)22-6-7-23-20(10-22)13-32-12-19(18-2-4-21(27)5-3-18)11-24(32)25-28-17-29-33(23)25;25-14-17-2-4-18(5-3-17)19-13-23-24-27-28-29-32(24)22-7-6-21(12-20(22)16-31(23)15-19)30-10-1-8-26-9-11-30/h4-9,12-13,17,19-20,22,31H,3,10-11,15-16,18H2,1-2H3;2-7,10-12,17H,8-9,13-16H2,1H3;2-7,12-13,15,26H,1,8-11,16H2/t20-,22?;;/m0../s1. The smallest absolute Gasteiger partial charge is 0.203 e. The summed E-state index contributed by atoms with van der Waals surface area (Å²) in [6, 6.07) is 53.6. The van der Waals surface area contributed by atoms with Gasteiger partial charge in [0.2, 0.25) is 5.82 Å². The number of tetrazole rings is 1. The Hall–Kier alpha value is -11.3. The number of nitrogens with zero attached hydrogens (tertiary/aromatic N) is 19. The summed E-state index contributed by atoms with van der Waals surface area (Å²) in [7, 11) is 2.21. The molecular formula is C79H78FN21. The van der Waals surface area contributed by atoms with Crippen molar-refractivity contribution in [1.82, 2.24) is 79.0 Å². The second-order valence-corrected chi connectivity index (χ2v) is 28.2. The van der Waals surface area contributed by atoms with E-state index in [-0.39, 0.29) is 5.82 Å². The van der Waals surface area contributed by atoms with Crippen molar-refractivity contribution < 1.29 is 4.39 Å². The summed E-state index contributed by atoms with van der Waals surface area (Å²) < 4.78 is 26.0. The van der Waals surface area contributed by atoms with E-state index in [1.54, 1.807) is 6.33 Å². The van der Waals surface area contributed by atoms with Gasteiger partial charge in [0.25, 0.3) is 0 Å². The predicted octanol–water partition coefficient (Wildman–Crippen LogP) is 11.7. The number of rotatable bonds is 10. The van der Waals surface area contributed by atoms with Crippen LogP contribution in [0.5, 0.6) is 0 Å². The number of anilines is 3. The summed E-state index contributed by atoms with van der Waals surface area (Å²) in [6.45, 7) is 18.8. The molecule has 2 atom stereocenters. The number of aromatic nitrogens is 13. The lowest BCUT2D eigenvalue weighted by atomic mass is 9.79. The number of hydrogen-bond donors (Lipinski definition) is 2. The number of halogens is 1. The van der Waals surface area contributed by atoms with Crippen molar-refractivity contribution in [2.45, 2.75) is 65.2 Å². The van der Waals surface area contributed by atoms with Crippen molar-refractivity contribution >= 4 is 17.1 Å². The molecule has 7 aliphatic heterocycles. The SMILES string of the molecule is CC[C@H](C)NCC1CCN(c2ccc3c(c2)Cn2cc(-c4ccc(C#N)cc4)cc2-c2nncn2-3)C1.CN1CC2(CCN(c3ccc4c(c3)Cn3cc(-c5ccc(F)cc5)cc3-c3ncnn3-4)C2)C1.N#Cc1ccc(-c2cc3n(c2)Cc2cc(N4CCCNCC4)ccc2-n2nnnc2-3)cc1. The topological polar surface area (TPSA) is 204 Å². The molecule has 101 heavy (non-hydrogen) atoms. The number of fused-ring (bicyclic) bond motifs is 15. The van der Waals surface area contributed by atoms with Crippen LogP contribution in [0.1, 0.15) is 67.3 Å². The highest BCUT2D eigenvalue weighted by atomic mass is 19.1. The van der Waals surface area contributed by atoms with Crippen molar-refractivity contribution in [2.24, 2.45) is 11.3 Å². The highest BCUT2D eigenvalue weighted by Gasteiger charge is 2.46. The Labute approximate surface area is 586 Å². The van der Waals surface area contributed by atoms with Crippen LogP contribution in [-0.4, -0.2) is 153 Å². The van der Waals surface area contributed by atoms with E-state index in [1.807, 2.05) is 76.4 Å². The van der Waals surface area contributed by atoms with Crippen LogP contribution in [0.4, 0.5) is 21.5 Å². The van der Waals surface area contributed by atoms with Crippen molar-refractivity contribution in [1.29, 1.82) is 10.5 Å². The van der Waals surface area contributed by atoms with Crippen molar-refractivity contribution in [3.05, 3.63) is 210 Å². The van der Waals surface area contributed by atoms with Gasteiger partial charge in [0.1, 0.15) is 18.5 Å². The molecule has 0 aliphatic carbocycles. The Balaban J connectivity index is 0.000000113. The number of likely N-dealkylation sites (tertiary alicyclic amines) is 1. The van der Waals surface area contributed by atoms with E-state index in [4.69, 9.17) is 10.5 Å². The van der Waals surface area contributed by atoms with Gasteiger partial charge in [-0.3, -0.25) is 4.57 Å². The molecule has 506 valence electrons. The first-order valence-corrected chi connectivity index (χ1v) is 35.2. The predicted molar refractivity (Wildman–Crippen MR) is 390 cm³/mol. The first-order valence-electron chi connectivity index (χ1n) is 35.2. The number of nitrogens with one attached hydrogen (secondary N) is 2. The molecule has 0 bridgehead atoms. The first-order chi connectivity index (χ1) is 49.5. The Morgan fingerprint density at radius 1 is 0.594 bits per heavy atom. The second-order valence-electron chi connectivity index (χ2n) is 28.2. The van der Waals surface area contributed by atoms with Crippen molar-refractivity contribution in [2.75, 3.05) is 93.7 Å². The molecule has 21 nitrogen and oxygen atoms in total. The van der Waals surface area contributed by atoms with E-state index < -0.39 is 0 Å². The molecule has 4 saturated heterocycles. The average Bonchev–Trinajstić information content (AvgIpc) is 1.64. The van der Waals surface area contributed by atoms with Crippen molar-refractivity contribution in [3.63, 3.8) is 0 Å². The minimum absolute atomic E-state index is 0.224. The van der Waals surface area contributed by atoms with E-state index in [2.05, 4.69) is 209 Å². The number of nitriles is 2. The molecule has 6 aromatic heterocycles. The molecule has 4 fully saturated rings. The van der Waals surface area contributed by atoms with Gasteiger partial charge in [0.15, 0.2) is 11.6 Å². The minimum Gasteiger partial charge on any atom is -0.371 e. The summed E-state index contributed by atoms with van der Waals surface area (Å²) >= 11 is 0. The Bertz CT molecular complexity index is 5120. The van der Waals surface area contributed by atoms with Crippen LogP contribution < -0.4 is 25.3 Å². The van der Waals surface area contributed by atoms with Crippen LogP contribution in [0.25, 0.3) is 85.0 Å². The molecule has 13 heterocycles. The van der Waals surface area contributed by atoms with Crippen LogP contribution in [0, 0.1) is 39.8 Å². The molecule has 2 N–H and O–H groups in total. The fraction of sp³-hybridized carbons (Fsp3) is 0.304. The number of benzene rings is 6. The van der Waals surface area contributed by atoms with Crippen LogP contribution in [-0.2, 0) is 19.6 Å². The Kier molecular flexibility index (Phi) is 16.5. The highest BCUT2D eigenvalue weighted by Crippen LogP contribution is 2.43. The summed E-state index contributed by atoms with van der Waals surface area (Å²) in [4.78, 5) is 14.5. The fourth-order valence-electron chi connectivity index (χ4n) is 16.0. The van der Waals surface area contributed by atoms with Gasteiger partial charge in [-0.25, -0.2) is 14.1 Å². The van der Waals surface area contributed by atoms with Crippen LogP contribution in [0.3, 0.4) is 0 Å².